The number of halogens is 2. The average Bonchev–Trinajstić information content (AvgIpc) is 2.79. The molecule has 0 aliphatic carbocycles. The average molecular weight is 273 g/mol. The Balaban J connectivity index is 2.05. The van der Waals surface area contributed by atoms with Gasteiger partial charge in [-0.05, 0) is 42.8 Å². The van der Waals surface area contributed by atoms with Gasteiger partial charge in [0.05, 0.1) is 6.04 Å². The van der Waals surface area contributed by atoms with Crippen LogP contribution < -0.4 is 5.73 Å². The highest BCUT2D eigenvalue weighted by molar-refractivity contribution is 5.78. The molecule has 2 N–H and O–H groups in total. The van der Waals surface area contributed by atoms with Crippen molar-refractivity contribution in [2.75, 3.05) is 0 Å². The number of hydrogen-bond donors (Lipinski definition) is 1. The third-order valence-electron chi connectivity index (χ3n) is 3.24. The Bertz CT molecular complexity index is 759. The first-order chi connectivity index (χ1) is 9.52. The molecule has 0 amide bonds. The summed E-state index contributed by atoms with van der Waals surface area (Å²) in [6.45, 7) is 1.98. The van der Waals surface area contributed by atoms with E-state index >= 15 is 0 Å². The minimum Gasteiger partial charge on any atom is -0.459 e. The van der Waals surface area contributed by atoms with Crippen molar-refractivity contribution in [2.45, 2.75) is 13.0 Å². The minimum atomic E-state index is -0.701. The van der Waals surface area contributed by atoms with Crippen molar-refractivity contribution >= 4 is 11.0 Å². The number of fused-ring (bicyclic) bond motifs is 1. The maximum atomic E-state index is 13.2. The second kappa shape index (κ2) is 4.72. The zero-order chi connectivity index (χ0) is 14.3. The predicted molar refractivity (Wildman–Crippen MR) is 73.3 cm³/mol. The zero-order valence-corrected chi connectivity index (χ0v) is 10.9. The van der Waals surface area contributed by atoms with Crippen molar-refractivity contribution in [1.29, 1.82) is 0 Å². The highest BCUT2D eigenvalue weighted by Gasteiger charge is 2.16. The molecule has 1 aromatic heterocycles. The molecule has 1 atom stereocenters. The summed E-state index contributed by atoms with van der Waals surface area (Å²) < 4.78 is 32.1. The quantitative estimate of drug-likeness (QED) is 0.764. The molecule has 1 heterocycles. The van der Waals surface area contributed by atoms with Crippen LogP contribution in [-0.2, 0) is 0 Å². The van der Waals surface area contributed by atoms with Gasteiger partial charge in [0.25, 0.3) is 0 Å². The first-order valence-electron chi connectivity index (χ1n) is 6.24. The molecule has 0 radical (unpaired) electrons. The molecule has 0 saturated carbocycles. The third kappa shape index (κ3) is 2.30. The van der Waals surface area contributed by atoms with E-state index in [1.165, 1.54) is 12.1 Å². The van der Waals surface area contributed by atoms with Gasteiger partial charge in [0, 0.05) is 11.5 Å². The Morgan fingerprint density at radius 1 is 1.00 bits per heavy atom. The van der Waals surface area contributed by atoms with E-state index in [4.69, 9.17) is 10.2 Å². The SMILES string of the molecule is Cc1ccc2oc(C(N)c3cc(F)cc(F)c3)cc2c1. The molecule has 0 aliphatic rings. The van der Waals surface area contributed by atoms with Crippen LogP contribution in [0.1, 0.15) is 22.9 Å². The number of nitrogens with two attached hydrogens (primary N) is 1. The molecule has 0 aliphatic heterocycles. The monoisotopic (exact) mass is 273 g/mol. The molecular weight excluding hydrogens is 260 g/mol. The van der Waals surface area contributed by atoms with Crippen molar-refractivity contribution < 1.29 is 13.2 Å². The molecule has 3 aromatic rings. The first-order valence-corrected chi connectivity index (χ1v) is 6.24. The van der Waals surface area contributed by atoms with E-state index in [-0.39, 0.29) is 0 Å². The van der Waals surface area contributed by atoms with Gasteiger partial charge in [-0.3, -0.25) is 0 Å². The molecule has 0 fully saturated rings. The summed E-state index contributed by atoms with van der Waals surface area (Å²) in [6.07, 6.45) is 0. The lowest BCUT2D eigenvalue weighted by atomic mass is 10.0. The molecule has 4 heteroatoms. The van der Waals surface area contributed by atoms with Crippen LogP contribution >= 0.6 is 0 Å². The Morgan fingerprint density at radius 2 is 1.70 bits per heavy atom. The van der Waals surface area contributed by atoms with Crippen LogP contribution in [-0.4, -0.2) is 0 Å². The summed E-state index contributed by atoms with van der Waals surface area (Å²) in [5.41, 5.74) is 8.19. The van der Waals surface area contributed by atoms with Crippen LogP contribution in [0.25, 0.3) is 11.0 Å². The van der Waals surface area contributed by atoms with Gasteiger partial charge in [0.2, 0.25) is 0 Å². The van der Waals surface area contributed by atoms with Crippen molar-refractivity contribution in [2.24, 2.45) is 5.73 Å². The molecule has 2 nitrogen and oxygen atoms in total. The second-order valence-corrected chi connectivity index (χ2v) is 4.87. The van der Waals surface area contributed by atoms with Gasteiger partial charge >= 0.3 is 0 Å². The highest BCUT2D eigenvalue weighted by atomic mass is 19.1. The fraction of sp³-hybridized carbons (Fsp3) is 0.125. The Morgan fingerprint density at radius 3 is 2.40 bits per heavy atom. The van der Waals surface area contributed by atoms with Gasteiger partial charge in [-0.25, -0.2) is 8.78 Å². The van der Waals surface area contributed by atoms with Crippen LogP contribution in [0, 0.1) is 18.6 Å². The van der Waals surface area contributed by atoms with Gasteiger partial charge < -0.3 is 10.2 Å². The number of furan rings is 1. The summed E-state index contributed by atoms with van der Waals surface area (Å²) in [5.74, 6) is -0.819. The van der Waals surface area contributed by atoms with E-state index in [0.29, 0.717) is 16.9 Å². The molecular formula is C16H13F2NO. The maximum absolute atomic E-state index is 13.2. The Kier molecular flexibility index (Phi) is 3.03. The Hall–Kier alpha value is -2.20. The summed E-state index contributed by atoms with van der Waals surface area (Å²) in [5, 5.41) is 0.923. The predicted octanol–water partition coefficient (Wildman–Crippen LogP) is 4.07. The van der Waals surface area contributed by atoms with E-state index in [2.05, 4.69) is 0 Å². The normalized spacial score (nSPS) is 12.8. The summed E-state index contributed by atoms with van der Waals surface area (Å²) in [4.78, 5) is 0. The summed E-state index contributed by atoms with van der Waals surface area (Å²) in [7, 11) is 0. The standard InChI is InChI=1S/C16H13F2NO/c1-9-2-3-14-10(4-9)7-15(20-14)16(19)11-5-12(17)8-13(18)6-11/h2-8,16H,19H2,1H3. The lowest BCUT2D eigenvalue weighted by Gasteiger charge is -2.09. The van der Waals surface area contributed by atoms with Gasteiger partial charge in [0.15, 0.2) is 0 Å². The smallest absolute Gasteiger partial charge is 0.134 e. The van der Waals surface area contributed by atoms with Crippen LogP contribution in [0.5, 0.6) is 0 Å². The molecule has 3 rings (SSSR count). The fourth-order valence-electron chi connectivity index (χ4n) is 2.26. The van der Waals surface area contributed by atoms with E-state index in [1.807, 2.05) is 25.1 Å². The van der Waals surface area contributed by atoms with Crippen molar-refractivity contribution in [3.05, 3.63) is 71.0 Å². The van der Waals surface area contributed by atoms with E-state index in [1.54, 1.807) is 6.07 Å². The largest absolute Gasteiger partial charge is 0.459 e. The van der Waals surface area contributed by atoms with Gasteiger partial charge in [-0.15, -0.1) is 0 Å². The van der Waals surface area contributed by atoms with E-state index in [0.717, 1.165) is 17.0 Å². The molecule has 1 unspecified atom stereocenters. The second-order valence-electron chi connectivity index (χ2n) is 4.87. The van der Waals surface area contributed by atoms with Gasteiger partial charge in [0.1, 0.15) is 23.0 Å². The van der Waals surface area contributed by atoms with E-state index in [9.17, 15) is 8.78 Å². The summed E-state index contributed by atoms with van der Waals surface area (Å²) >= 11 is 0. The molecule has 2 aromatic carbocycles. The van der Waals surface area contributed by atoms with Crippen LogP contribution in [0.4, 0.5) is 8.78 Å². The zero-order valence-electron chi connectivity index (χ0n) is 10.9. The van der Waals surface area contributed by atoms with Crippen LogP contribution in [0.2, 0.25) is 0 Å². The van der Waals surface area contributed by atoms with Crippen molar-refractivity contribution in [3.63, 3.8) is 0 Å². The first kappa shape index (κ1) is 12.8. The molecule has 102 valence electrons. The van der Waals surface area contributed by atoms with Crippen LogP contribution in [0.15, 0.2) is 46.9 Å². The van der Waals surface area contributed by atoms with Gasteiger partial charge in [-0.2, -0.15) is 0 Å². The Labute approximate surface area is 114 Å². The molecule has 20 heavy (non-hydrogen) atoms. The summed E-state index contributed by atoms with van der Waals surface area (Å²) in [6, 6.07) is 10.1. The number of hydrogen-bond acceptors (Lipinski definition) is 2. The van der Waals surface area contributed by atoms with Crippen LogP contribution in [0.3, 0.4) is 0 Å². The van der Waals surface area contributed by atoms with Gasteiger partial charge in [-0.1, -0.05) is 11.6 Å². The van der Waals surface area contributed by atoms with Crippen molar-refractivity contribution in [3.8, 4) is 0 Å². The maximum Gasteiger partial charge on any atom is 0.134 e. The number of aryl methyl sites for hydroxylation is 1. The highest BCUT2D eigenvalue weighted by Crippen LogP contribution is 2.28. The number of rotatable bonds is 2. The molecule has 0 bridgehead atoms. The number of benzene rings is 2. The topological polar surface area (TPSA) is 39.2 Å². The fourth-order valence-corrected chi connectivity index (χ4v) is 2.26. The molecule has 0 spiro atoms. The molecule has 0 saturated heterocycles. The third-order valence-corrected chi connectivity index (χ3v) is 3.24. The van der Waals surface area contributed by atoms with E-state index < -0.39 is 17.7 Å². The minimum absolute atomic E-state index is 0.346. The van der Waals surface area contributed by atoms with Crippen molar-refractivity contribution in [1.82, 2.24) is 0 Å². The lowest BCUT2D eigenvalue weighted by molar-refractivity contribution is 0.519. The lowest BCUT2D eigenvalue weighted by Crippen LogP contribution is -2.11.